The first kappa shape index (κ1) is 14.4. The average Bonchev–Trinajstić information content (AvgIpc) is 2.78. The molecule has 0 aliphatic carbocycles. The van der Waals surface area contributed by atoms with Crippen LogP contribution in [0, 0.1) is 11.6 Å². The maximum absolute atomic E-state index is 13.3. The number of likely N-dealkylation sites (N-methyl/N-ethyl adjacent to an activating group) is 1. The van der Waals surface area contributed by atoms with Crippen LogP contribution in [-0.4, -0.2) is 49.6 Å². The minimum atomic E-state index is -0.545. The fourth-order valence-corrected chi connectivity index (χ4v) is 2.74. The number of halogens is 2. The molecule has 2 atom stereocenters. The van der Waals surface area contributed by atoms with Crippen LogP contribution in [0.25, 0.3) is 0 Å². The highest BCUT2D eigenvalue weighted by Gasteiger charge is 2.29. The van der Waals surface area contributed by atoms with Gasteiger partial charge in [0.2, 0.25) is 0 Å². The van der Waals surface area contributed by atoms with Crippen LogP contribution in [0.4, 0.5) is 8.78 Å². The summed E-state index contributed by atoms with van der Waals surface area (Å²) in [6.07, 6.45) is 1.06. The molecule has 0 bridgehead atoms. The molecule has 1 heterocycles. The van der Waals surface area contributed by atoms with Crippen molar-refractivity contribution in [1.82, 2.24) is 9.80 Å². The Balaban J connectivity index is 2.16. The third-order valence-electron chi connectivity index (χ3n) is 3.86. The van der Waals surface area contributed by atoms with Crippen molar-refractivity contribution in [2.45, 2.75) is 18.5 Å². The van der Waals surface area contributed by atoms with E-state index in [4.69, 9.17) is 5.73 Å². The molecule has 0 amide bonds. The fourth-order valence-electron chi connectivity index (χ4n) is 2.74. The molecule has 0 saturated carbocycles. The second-order valence-corrected chi connectivity index (χ2v) is 5.36. The van der Waals surface area contributed by atoms with Crippen LogP contribution in [0.2, 0.25) is 0 Å². The molecule has 1 aromatic rings. The van der Waals surface area contributed by atoms with Crippen molar-refractivity contribution in [2.24, 2.45) is 5.73 Å². The monoisotopic (exact) mass is 269 g/mol. The molecule has 5 heteroatoms. The van der Waals surface area contributed by atoms with E-state index in [1.54, 1.807) is 0 Å². The molecule has 2 rings (SSSR count). The van der Waals surface area contributed by atoms with E-state index in [1.165, 1.54) is 12.1 Å². The first-order valence-electron chi connectivity index (χ1n) is 6.57. The Labute approximate surface area is 113 Å². The lowest BCUT2D eigenvalue weighted by Gasteiger charge is -2.28. The van der Waals surface area contributed by atoms with Gasteiger partial charge in [-0.2, -0.15) is 0 Å². The Hall–Kier alpha value is -1.04. The maximum Gasteiger partial charge on any atom is 0.126 e. The van der Waals surface area contributed by atoms with E-state index >= 15 is 0 Å². The van der Waals surface area contributed by atoms with Gasteiger partial charge >= 0.3 is 0 Å². The summed E-state index contributed by atoms with van der Waals surface area (Å²) in [7, 11) is 4.10. The Morgan fingerprint density at radius 3 is 2.42 bits per heavy atom. The molecule has 1 aliphatic heterocycles. The lowest BCUT2D eigenvalue weighted by molar-refractivity contribution is 0.220. The summed E-state index contributed by atoms with van der Waals surface area (Å²) in [5, 5.41) is 0. The second-order valence-electron chi connectivity index (χ2n) is 5.36. The zero-order valence-corrected chi connectivity index (χ0v) is 11.4. The van der Waals surface area contributed by atoms with Gasteiger partial charge in [-0.15, -0.1) is 0 Å². The topological polar surface area (TPSA) is 32.5 Å². The molecule has 2 N–H and O–H groups in total. The van der Waals surface area contributed by atoms with Gasteiger partial charge in [0.1, 0.15) is 11.6 Å². The van der Waals surface area contributed by atoms with Gasteiger partial charge in [-0.1, -0.05) is 0 Å². The third-order valence-corrected chi connectivity index (χ3v) is 3.86. The Bertz CT molecular complexity index is 416. The molecule has 2 unspecified atom stereocenters. The van der Waals surface area contributed by atoms with Gasteiger partial charge in [-0.25, -0.2) is 8.78 Å². The molecule has 0 radical (unpaired) electrons. The highest BCUT2D eigenvalue weighted by atomic mass is 19.1. The molecule has 1 fully saturated rings. The van der Waals surface area contributed by atoms with Crippen molar-refractivity contribution in [2.75, 3.05) is 33.7 Å². The minimum Gasteiger partial charge on any atom is -0.329 e. The Morgan fingerprint density at radius 2 is 1.95 bits per heavy atom. The van der Waals surface area contributed by atoms with Crippen molar-refractivity contribution >= 4 is 0 Å². The fraction of sp³-hybridized carbons (Fsp3) is 0.571. The van der Waals surface area contributed by atoms with Crippen molar-refractivity contribution in [3.63, 3.8) is 0 Å². The summed E-state index contributed by atoms with van der Waals surface area (Å²) in [5.74, 6) is -1.09. The Kier molecular flexibility index (Phi) is 4.50. The van der Waals surface area contributed by atoms with Gasteiger partial charge in [0.25, 0.3) is 0 Å². The number of hydrogen-bond donors (Lipinski definition) is 1. The van der Waals surface area contributed by atoms with Gasteiger partial charge < -0.3 is 10.6 Å². The predicted molar refractivity (Wildman–Crippen MR) is 71.8 cm³/mol. The summed E-state index contributed by atoms with van der Waals surface area (Å²) in [6.45, 7) is 2.15. The van der Waals surface area contributed by atoms with E-state index in [0.717, 1.165) is 25.6 Å². The van der Waals surface area contributed by atoms with E-state index in [-0.39, 0.29) is 6.04 Å². The van der Waals surface area contributed by atoms with Crippen molar-refractivity contribution in [1.29, 1.82) is 0 Å². The van der Waals surface area contributed by atoms with Crippen LogP contribution in [0.5, 0.6) is 0 Å². The normalized spacial score (nSPS) is 22.1. The molecular weight excluding hydrogens is 248 g/mol. The third kappa shape index (κ3) is 3.29. The lowest BCUT2D eigenvalue weighted by Crippen LogP contribution is -2.36. The smallest absolute Gasteiger partial charge is 0.126 e. The second kappa shape index (κ2) is 5.94. The predicted octanol–water partition coefficient (Wildman–Crippen LogP) is 1.60. The highest BCUT2D eigenvalue weighted by molar-refractivity contribution is 5.22. The SMILES string of the molecule is CN(C)C1CCN(C(CN)c2cc(F)cc(F)c2)C1. The van der Waals surface area contributed by atoms with Crippen molar-refractivity contribution in [3.8, 4) is 0 Å². The summed E-state index contributed by atoms with van der Waals surface area (Å²) in [4.78, 5) is 4.39. The Morgan fingerprint density at radius 1 is 1.32 bits per heavy atom. The molecule has 1 saturated heterocycles. The number of benzene rings is 1. The quantitative estimate of drug-likeness (QED) is 0.901. The molecule has 106 valence electrons. The molecule has 1 aromatic carbocycles. The van der Waals surface area contributed by atoms with Crippen LogP contribution in [-0.2, 0) is 0 Å². The zero-order valence-electron chi connectivity index (χ0n) is 11.4. The molecule has 19 heavy (non-hydrogen) atoms. The van der Waals surface area contributed by atoms with Crippen LogP contribution in [0.3, 0.4) is 0 Å². The van der Waals surface area contributed by atoms with Crippen molar-refractivity contribution in [3.05, 3.63) is 35.4 Å². The minimum absolute atomic E-state index is 0.116. The van der Waals surface area contributed by atoms with Gasteiger partial charge in [0.15, 0.2) is 0 Å². The number of nitrogens with zero attached hydrogens (tertiary/aromatic N) is 2. The van der Waals surface area contributed by atoms with Crippen LogP contribution < -0.4 is 5.73 Å². The van der Waals surface area contributed by atoms with Crippen LogP contribution >= 0.6 is 0 Å². The molecule has 0 aromatic heterocycles. The number of likely N-dealkylation sites (tertiary alicyclic amines) is 1. The molecular formula is C14H21F2N3. The van der Waals surface area contributed by atoms with E-state index in [0.29, 0.717) is 18.2 Å². The first-order chi connectivity index (χ1) is 9.01. The van der Waals surface area contributed by atoms with Crippen LogP contribution in [0.15, 0.2) is 18.2 Å². The molecule has 3 nitrogen and oxygen atoms in total. The summed E-state index contributed by atoms with van der Waals surface area (Å²) in [5.41, 5.74) is 6.43. The maximum atomic E-state index is 13.3. The summed E-state index contributed by atoms with van der Waals surface area (Å²) < 4.78 is 26.6. The zero-order chi connectivity index (χ0) is 14.0. The van der Waals surface area contributed by atoms with Gasteiger partial charge in [-0.3, -0.25) is 4.90 Å². The summed E-state index contributed by atoms with van der Waals surface area (Å²) in [6, 6.07) is 4.01. The van der Waals surface area contributed by atoms with Gasteiger partial charge in [0.05, 0.1) is 0 Å². The van der Waals surface area contributed by atoms with Gasteiger partial charge in [-0.05, 0) is 38.2 Å². The van der Waals surface area contributed by atoms with E-state index in [1.807, 2.05) is 14.1 Å². The van der Waals surface area contributed by atoms with E-state index < -0.39 is 11.6 Å². The summed E-state index contributed by atoms with van der Waals surface area (Å²) >= 11 is 0. The number of nitrogens with two attached hydrogens (primary N) is 1. The van der Waals surface area contributed by atoms with Crippen LogP contribution in [0.1, 0.15) is 18.0 Å². The van der Waals surface area contributed by atoms with E-state index in [9.17, 15) is 8.78 Å². The van der Waals surface area contributed by atoms with E-state index in [2.05, 4.69) is 9.80 Å². The number of rotatable bonds is 4. The molecule has 1 aliphatic rings. The first-order valence-corrected chi connectivity index (χ1v) is 6.57. The van der Waals surface area contributed by atoms with Crippen molar-refractivity contribution < 1.29 is 8.78 Å². The lowest BCUT2D eigenvalue weighted by atomic mass is 10.1. The highest BCUT2D eigenvalue weighted by Crippen LogP contribution is 2.26. The van der Waals surface area contributed by atoms with Gasteiger partial charge in [0, 0.05) is 37.8 Å². The largest absolute Gasteiger partial charge is 0.329 e. The molecule has 0 spiro atoms. The standard InChI is InChI=1S/C14H21F2N3/c1-18(2)13-3-4-19(9-13)14(8-17)10-5-11(15)7-12(16)6-10/h5-7,13-14H,3-4,8-9,17H2,1-2H3. The average molecular weight is 269 g/mol. The number of hydrogen-bond acceptors (Lipinski definition) is 3.